The number of ketones is 1. The van der Waals surface area contributed by atoms with Gasteiger partial charge in [0.1, 0.15) is 0 Å². The van der Waals surface area contributed by atoms with E-state index in [1.807, 2.05) is 6.92 Å². The number of hydrogen-bond acceptors (Lipinski definition) is 2. The number of rotatable bonds is 4. The standard InChI is InChI=1S/C21H25NO2/c1-11-7-8-17(21(22)24)9-18(11)20(23)10-19-15(5)13(3)12(2)14(4)16(19)6/h7-9H,10H2,1-6H3,(H2,22,24). The highest BCUT2D eigenvalue weighted by molar-refractivity contribution is 6.02. The van der Waals surface area contributed by atoms with Gasteiger partial charge in [0.25, 0.3) is 0 Å². The minimum absolute atomic E-state index is 0.0180. The average molecular weight is 323 g/mol. The maximum Gasteiger partial charge on any atom is 0.248 e. The highest BCUT2D eigenvalue weighted by Crippen LogP contribution is 2.27. The van der Waals surface area contributed by atoms with Crippen LogP contribution in [-0.4, -0.2) is 11.7 Å². The lowest BCUT2D eigenvalue weighted by atomic mass is 9.86. The van der Waals surface area contributed by atoms with E-state index >= 15 is 0 Å². The first-order valence-electron chi connectivity index (χ1n) is 8.14. The van der Waals surface area contributed by atoms with Gasteiger partial charge in [0.2, 0.25) is 5.91 Å². The highest BCUT2D eigenvalue weighted by atomic mass is 16.1. The fourth-order valence-electron chi connectivity index (χ4n) is 3.17. The monoisotopic (exact) mass is 323 g/mol. The van der Waals surface area contributed by atoms with Crippen molar-refractivity contribution in [3.8, 4) is 0 Å². The zero-order valence-corrected chi connectivity index (χ0v) is 15.3. The van der Waals surface area contributed by atoms with Gasteiger partial charge in [-0.15, -0.1) is 0 Å². The van der Waals surface area contributed by atoms with Crippen LogP contribution < -0.4 is 5.73 Å². The van der Waals surface area contributed by atoms with Crippen LogP contribution >= 0.6 is 0 Å². The van der Waals surface area contributed by atoms with Gasteiger partial charge < -0.3 is 5.73 Å². The van der Waals surface area contributed by atoms with Crippen LogP contribution in [0.3, 0.4) is 0 Å². The van der Waals surface area contributed by atoms with Gasteiger partial charge in [0, 0.05) is 17.5 Å². The van der Waals surface area contributed by atoms with E-state index in [2.05, 4.69) is 34.6 Å². The lowest BCUT2D eigenvalue weighted by Crippen LogP contribution is -2.14. The molecule has 0 atom stereocenters. The Bertz CT molecular complexity index is 818. The van der Waals surface area contributed by atoms with Crippen molar-refractivity contribution >= 4 is 11.7 Å². The summed E-state index contributed by atoms with van der Waals surface area (Å²) in [6.07, 6.45) is 0.336. The van der Waals surface area contributed by atoms with E-state index in [9.17, 15) is 9.59 Å². The Kier molecular flexibility index (Phi) is 4.93. The van der Waals surface area contributed by atoms with Crippen LogP contribution in [0.15, 0.2) is 18.2 Å². The molecule has 2 rings (SSSR count). The number of benzene rings is 2. The van der Waals surface area contributed by atoms with Gasteiger partial charge >= 0.3 is 0 Å². The molecule has 0 fully saturated rings. The second kappa shape index (κ2) is 6.60. The number of primary amides is 1. The molecular formula is C21H25NO2. The SMILES string of the molecule is Cc1ccc(C(N)=O)cc1C(=O)Cc1c(C)c(C)c(C)c(C)c1C. The van der Waals surface area contributed by atoms with E-state index < -0.39 is 5.91 Å². The molecular weight excluding hydrogens is 298 g/mol. The maximum absolute atomic E-state index is 12.9. The molecule has 3 heteroatoms. The van der Waals surface area contributed by atoms with Crippen LogP contribution in [-0.2, 0) is 6.42 Å². The van der Waals surface area contributed by atoms with E-state index in [1.165, 1.54) is 27.8 Å². The molecule has 0 aliphatic rings. The van der Waals surface area contributed by atoms with Gasteiger partial charge in [-0.1, -0.05) is 6.07 Å². The minimum atomic E-state index is -0.515. The zero-order valence-electron chi connectivity index (χ0n) is 15.3. The third-order valence-corrected chi connectivity index (χ3v) is 5.32. The summed E-state index contributed by atoms with van der Waals surface area (Å²) in [7, 11) is 0. The van der Waals surface area contributed by atoms with Crippen LogP contribution in [0.5, 0.6) is 0 Å². The number of carbonyl (C=O) groups excluding carboxylic acids is 2. The van der Waals surface area contributed by atoms with Crippen molar-refractivity contribution in [1.82, 2.24) is 0 Å². The number of hydrogen-bond donors (Lipinski definition) is 1. The molecule has 0 radical (unpaired) electrons. The Labute approximate surface area is 143 Å². The second-order valence-corrected chi connectivity index (χ2v) is 6.60. The highest BCUT2D eigenvalue weighted by Gasteiger charge is 2.18. The Morgan fingerprint density at radius 1 is 0.833 bits per heavy atom. The van der Waals surface area contributed by atoms with E-state index in [0.717, 1.165) is 11.1 Å². The summed E-state index contributed by atoms with van der Waals surface area (Å²) in [5.74, 6) is -0.497. The summed E-state index contributed by atoms with van der Waals surface area (Å²) < 4.78 is 0. The Morgan fingerprint density at radius 2 is 1.33 bits per heavy atom. The summed E-state index contributed by atoms with van der Waals surface area (Å²) in [5.41, 5.74) is 14.3. The molecule has 0 heterocycles. The fourth-order valence-corrected chi connectivity index (χ4v) is 3.17. The van der Waals surface area contributed by atoms with Crippen LogP contribution in [0.4, 0.5) is 0 Å². The smallest absolute Gasteiger partial charge is 0.248 e. The molecule has 0 bridgehead atoms. The minimum Gasteiger partial charge on any atom is -0.366 e. The molecule has 3 nitrogen and oxygen atoms in total. The van der Waals surface area contributed by atoms with Gasteiger partial charge in [0.15, 0.2) is 5.78 Å². The van der Waals surface area contributed by atoms with Crippen LogP contribution in [0, 0.1) is 41.5 Å². The van der Waals surface area contributed by atoms with Crippen molar-refractivity contribution in [2.45, 2.75) is 48.0 Å². The van der Waals surface area contributed by atoms with Crippen molar-refractivity contribution in [3.05, 3.63) is 68.3 Å². The van der Waals surface area contributed by atoms with Gasteiger partial charge in [-0.25, -0.2) is 0 Å². The molecule has 2 N–H and O–H groups in total. The van der Waals surface area contributed by atoms with Gasteiger partial charge in [-0.2, -0.15) is 0 Å². The molecule has 0 saturated heterocycles. The van der Waals surface area contributed by atoms with E-state index in [1.54, 1.807) is 18.2 Å². The van der Waals surface area contributed by atoms with E-state index in [-0.39, 0.29) is 5.78 Å². The Morgan fingerprint density at radius 3 is 1.83 bits per heavy atom. The first-order chi connectivity index (χ1) is 11.1. The third-order valence-electron chi connectivity index (χ3n) is 5.32. The molecule has 0 saturated carbocycles. The Balaban J connectivity index is 2.48. The molecule has 0 unspecified atom stereocenters. The van der Waals surface area contributed by atoms with E-state index in [0.29, 0.717) is 17.5 Å². The largest absolute Gasteiger partial charge is 0.366 e. The summed E-state index contributed by atoms with van der Waals surface area (Å²) in [5, 5.41) is 0. The normalized spacial score (nSPS) is 10.8. The van der Waals surface area contributed by atoms with Gasteiger partial charge in [-0.3, -0.25) is 9.59 Å². The third kappa shape index (κ3) is 3.12. The topological polar surface area (TPSA) is 60.2 Å². The number of aryl methyl sites for hydroxylation is 1. The molecule has 24 heavy (non-hydrogen) atoms. The summed E-state index contributed by atoms with van der Waals surface area (Å²) in [4.78, 5) is 24.3. The fraction of sp³-hybridized carbons (Fsp3) is 0.333. The number of nitrogens with two attached hydrogens (primary N) is 1. The Hall–Kier alpha value is -2.42. The van der Waals surface area contributed by atoms with E-state index in [4.69, 9.17) is 5.73 Å². The molecule has 2 aromatic rings. The average Bonchev–Trinajstić information content (AvgIpc) is 2.55. The first-order valence-corrected chi connectivity index (χ1v) is 8.14. The van der Waals surface area contributed by atoms with Crippen molar-refractivity contribution in [2.75, 3.05) is 0 Å². The van der Waals surface area contributed by atoms with Gasteiger partial charge in [0.05, 0.1) is 0 Å². The molecule has 0 aliphatic carbocycles. The molecule has 2 aromatic carbocycles. The summed E-state index contributed by atoms with van der Waals surface area (Å²) >= 11 is 0. The quantitative estimate of drug-likeness (QED) is 0.863. The molecule has 0 aliphatic heterocycles. The van der Waals surface area contributed by atoms with Crippen LogP contribution in [0.25, 0.3) is 0 Å². The van der Waals surface area contributed by atoms with Crippen molar-refractivity contribution < 1.29 is 9.59 Å². The van der Waals surface area contributed by atoms with Crippen molar-refractivity contribution in [1.29, 1.82) is 0 Å². The molecule has 126 valence electrons. The zero-order chi connectivity index (χ0) is 18.2. The maximum atomic E-state index is 12.9. The molecule has 0 aromatic heterocycles. The summed E-state index contributed by atoms with van der Waals surface area (Å²) in [6.45, 7) is 12.3. The van der Waals surface area contributed by atoms with Crippen molar-refractivity contribution in [2.24, 2.45) is 5.73 Å². The second-order valence-electron chi connectivity index (χ2n) is 6.60. The predicted molar refractivity (Wildman–Crippen MR) is 97.9 cm³/mol. The van der Waals surface area contributed by atoms with Gasteiger partial charge in [-0.05, 0) is 92.6 Å². The van der Waals surface area contributed by atoms with Crippen LogP contribution in [0.1, 0.15) is 59.7 Å². The molecule has 0 spiro atoms. The number of amides is 1. The predicted octanol–water partition coefficient (Wildman–Crippen LogP) is 4.06. The number of Topliss-reactive ketones (excluding diaryl/α,β-unsaturated/α-hetero) is 1. The lowest BCUT2D eigenvalue weighted by molar-refractivity contribution is 0.0992. The summed E-state index contributed by atoms with van der Waals surface area (Å²) in [6, 6.07) is 5.04. The van der Waals surface area contributed by atoms with Crippen LogP contribution in [0.2, 0.25) is 0 Å². The first kappa shape index (κ1) is 17.9. The lowest BCUT2D eigenvalue weighted by Gasteiger charge is -2.18. The molecule has 1 amide bonds. The number of carbonyl (C=O) groups is 2. The van der Waals surface area contributed by atoms with Crippen molar-refractivity contribution in [3.63, 3.8) is 0 Å².